The van der Waals surface area contributed by atoms with E-state index < -0.39 is 0 Å². The van der Waals surface area contributed by atoms with E-state index >= 15 is 0 Å². The van der Waals surface area contributed by atoms with Gasteiger partial charge in [0, 0.05) is 31.8 Å². The molecule has 0 heterocycles. The van der Waals surface area contributed by atoms with Gasteiger partial charge in [-0.1, -0.05) is 12.1 Å². The maximum Gasteiger partial charge on any atom is 0.221 e. The van der Waals surface area contributed by atoms with E-state index in [4.69, 9.17) is 4.74 Å². The number of amides is 1. The van der Waals surface area contributed by atoms with Gasteiger partial charge < -0.3 is 15.4 Å². The predicted octanol–water partition coefficient (Wildman–Crippen LogP) is 2.86. The fraction of sp³-hybridized carbons (Fsp3) is 0.562. The molecule has 20 heavy (non-hydrogen) atoms. The molecule has 110 valence electrons. The average molecular weight is 276 g/mol. The molecule has 1 saturated carbocycles. The molecular weight excluding hydrogens is 252 g/mol. The molecule has 0 bridgehead atoms. The van der Waals surface area contributed by atoms with Crippen LogP contribution in [-0.2, 0) is 9.53 Å². The number of carbonyl (C=O) groups is 1. The molecule has 1 amide bonds. The Morgan fingerprint density at radius 3 is 2.90 bits per heavy atom. The van der Waals surface area contributed by atoms with E-state index in [1.54, 1.807) is 7.11 Å². The summed E-state index contributed by atoms with van der Waals surface area (Å²) in [6, 6.07) is 8.64. The first kappa shape index (κ1) is 15.0. The molecule has 4 nitrogen and oxygen atoms in total. The summed E-state index contributed by atoms with van der Waals surface area (Å²) in [6.45, 7) is 3.67. The molecule has 1 aliphatic carbocycles. The van der Waals surface area contributed by atoms with Gasteiger partial charge in [-0.05, 0) is 43.9 Å². The maximum atomic E-state index is 11.1. The molecular formula is C16H24N2O2. The van der Waals surface area contributed by atoms with Crippen molar-refractivity contribution < 1.29 is 9.53 Å². The van der Waals surface area contributed by atoms with Gasteiger partial charge in [0.2, 0.25) is 5.91 Å². The summed E-state index contributed by atoms with van der Waals surface area (Å²) in [5, 5.41) is 6.46. The van der Waals surface area contributed by atoms with Crippen molar-refractivity contribution in [2.75, 3.05) is 12.4 Å². The molecule has 1 aromatic carbocycles. The van der Waals surface area contributed by atoms with Crippen LogP contribution >= 0.6 is 0 Å². The minimum absolute atomic E-state index is 0.0435. The van der Waals surface area contributed by atoms with E-state index in [9.17, 15) is 4.79 Å². The van der Waals surface area contributed by atoms with Crippen LogP contribution in [0.2, 0.25) is 0 Å². The number of carbonyl (C=O) groups excluding carboxylic acids is 1. The molecule has 3 atom stereocenters. The third-order valence-corrected chi connectivity index (χ3v) is 3.93. The van der Waals surface area contributed by atoms with Crippen molar-refractivity contribution in [3.05, 3.63) is 29.8 Å². The molecule has 0 aromatic heterocycles. The van der Waals surface area contributed by atoms with E-state index in [2.05, 4.69) is 23.6 Å². The van der Waals surface area contributed by atoms with Gasteiger partial charge in [-0.2, -0.15) is 0 Å². The standard InChI is InChI=1S/C16H24N2O2/c1-11(17-15-8-5-9-16(15)20-3)13-6-4-7-14(10-13)18-12(2)19/h4,6-7,10-11,15-17H,5,8-9H2,1-3H3,(H,18,19). The summed E-state index contributed by atoms with van der Waals surface area (Å²) in [5.74, 6) is -0.0435. The topological polar surface area (TPSA) is 50.4 Å². The van der Waals surface area contributed by atoms with Crippen LogP contribution in [0.1, 0.15) is 44.7 Å². The Hall–Kier alpha value is -1.39. The van der Waals surface area contributed by atoms with Gasteiger partial charge in [-0.25, -0.2) is 0 Å². The summed E-state index contributed by atoms with van der Waals surface area (Å²) in [6.07, 6.45) is 3.83. The number of anilines is 1. The molecule has 0 aliphatic heterocycles. The van der Waals surface area contributed by atoms with Crippen LogP contribution in [0.25, 0.3) is 0 Å². The van der Waals surface area contributed by atoms with Crippen molar-refractivity contribution in [2.45, 2.75) is 51.3 Å². The Morgan fingerprint density at radius 2 is 2.20 bits per heavy atom. The Balaban J connectivity index is 2.01. The minimum Gasteiger partial charge on any atom is -0.380 e. The fourth-order valence-corrected chi connectivity index (χ4v) is 2.91. The van der Waals surface area contributed by atoms with Gasteiger partial charge in [0.25, 0.3) is 0 Å². The third kappa shape index (κ3) is 3.81. The van der Waals surface area contributed by atoms with Crippen LogP contribution in [0, 0.1) is 0 Å². The lowest BCUT2D eigenvalue weighted by Crippen LogP contribution is -2.38. The summed E-state index contributed by atoms with van der Waals surface area (Å²) in [4.78, 5) is 11.1. The van der Waals surface area contributed by atoms with Crippen molar-refractivity contribution in [3.63, 3.8) is 0 Å². The second-order valence-electron chi connectivity index (χ2n) is 5.51. The van der Waals surface area contributed by atoms with Crippen molar-refractivity contribution in [3.8, 4) is 0 Å². The molecule has 2 N–H and O–H groups in total. The first-order valence-corrected chi connectivity index (χ1v) is 7.26. The van der Waals surface area contributed by atoms with Crippen LogP contribution in [0.3, 0.4) is 0 Å². The molecule has 1 aliphatic rings. The van der Waals surface area contributed by atoms with Gasteiger partial charge in [0.15, 0.2) is 0 Å². The van der Waals surface area contributed by atoms with E-state index in [-0.39, 0.29) is 11.9 Å². The smallest absolute Gasteiger partial charge is 0.221 e. The van der Waals surface area contributed by atoms with Crippen LogP contribution in [0.15, 0.2) is 24.3 Å². The first-order valence-electron chi connectivity index (χ1n) is 7.26. The van der Waals surface area contributed by atoms with E-state index in [0.717, 1.165) is 18.5 Å². The number of methoxy groups -OCH3 is 1. The molecule has 0 saturated heterocycles. The Kier molecular flexibility index (Phi) is 5.15. The number of ether oxygens (including phenoxy) is 1. The zero-order chi connectivity index (χ0) is 14.5. The molecule has 1 fully saturated rings. The van der Waals surface area contributed by atoms with Gasteiger partial charge in [0.1, 0.15) is 0 Å². The normalized spacial score (nSPS) is 23.6. The number of nitrogens with one attached hydrogen (secondary N) is 2. The third-order valence-electron chi connectivity index (χ3n) is 3.93. The SMILES string of the molecule is COC1CCCC1NC(C)c1cccc(NC(C)=O)c1. The predicted molar refractivity (Wildman–Crippen MR) is 80.7 cm³/mol. The lowest BCUT2D eigenvalue weighted by atomic mass is 10.1. The summed E-state index contributed by atoms with van der Waals surface area (Å²) < 4.78 is 5.52. The van der Waals surface area contributed by atoms with Crippen LogP contribution in [0.5, 0.6) is 0 Å². The van der Waals surface area contributed by atoms with E-state index in [1.165, 1.54) is 18.9 Å². The highest BCUT2D eigenvalue weighted by Crippen LogP contribution is 2.25. The number of hydrogen-bond donors (Lipinski definition) is 2. The second kappa shape index (κ2) is 6.86. The monoisotopic (exact) mass is 276 g/mol. The lowest BCUT2D eigenvalue weighted by Gasteiger charge is -2.24. The molecule has 0 radical (unpaired) electrons. The van der Waals surface area contributed by atoms with Gasteiger partial charge >= 0.3 is 0 Å². The minimum atomic E-state index is -0.0435. The van der Waals surface area contributed by atoms with Crippen molar-refractivity contribution >= 4 is 11.6 Å². The van der Waals surface area contributed by atoms with Gasteiger partial charge in [0.05, 0.1) is 6.10 Å². The van der Waals surface area contributed by atoms with Crippen molar-refractivity contribution in [2.24, 2.45) is 0 Å². The Labute approximate surface area is 120 Å². The quantitative estimate of drug-likeness (QED) is 0.869. The number of hydrogen-bond acceptors (Lipinski definition) is 3. The lowest BCUT2D eigenvalue weighted by molar-refractivity contribution is -0.114. The zero-order valence-corrected chi connectivity index (χ0v) is 12.5. The van der Waals surface area contributed by atoms with Crippen LogP contribution in [0.4, 0.5) is 5.69 Å². The highest BCUT2D eigenvalue weighted by Gasteiger charge is 2.28. The van der Waals surface area contributed by atoms with E-state index in [1.807, 2.05) is 18.2 Å². The molecule has 0 spiro atoms. The Bertz CT molecular complexity index is 462. The number of benzene rings is 1. The summed E-state index contributed by atoms with van der Waals surface area (Å²) in [7, 11) is 1.78. The molecule has 3 unspecified atom stereocenters. The Morgan fingerprint density at radius 1 is 1.40 bits per heavy atom. The van der Waals surface area contributed by atoms with Gasteiger partial charge in [-0.15, -0.1) is 0 Å². The van der Waals surface area contributed by atoms with Crippen molar-refractivity contribution in [1.82, 2.24) is 5.32 Å². The highest BCUT2D eigenvalue weighted by molar-refractivity contribution is 5.88. The van der Waals surface area contributed by atoms with E-state index in [0.29, 0.717) is 12.1 Å². The highest BCUT2D eigenvalue weighted by atomic mass is 16.5. The molecule has 2 rings (SSSR count). The second-order valence-corrected chi connectivity index (χ2v) is 5.51. The summed E-state index contributed by atoms with van der Waals surface area (Å²) >= 11 is 0. The maximum absolute atomic E-state index is 11.1. The fourth-order valence-electron chi connectivity index (χ4n) is 2.91. The van der Waals surface area contributed by atoms with Crippen LogP contribution < -0.4 is 10.6 Å². The van der Waals surface area contributed by atoms with Gasteiger partial charge in [-0.3, -0.25) is 4.79 Å². The zero-order valence-electron chi connectivity index (χ0n) is 12.5. The number of rotatable bonds is 5. The average Bonchev–Trinajstić information content (AvgIpc) is 2.85. The molecule has 4 heteroatoms. The largest absolute Gasteiger partial charge is 0.380 e. The molecule has 1 aromatic rings. The first-order chi connectivity index (χ1) is 9.60. The summed E-state index contributed by atoms with van der Waals surface area (Å²) in [5.41, 5.74) is 2.02. The van der Waals surface area contributed by atoms with Crippen molar-refractivity contribution in [1.29, 1.82) is 0 Å². The van der Waals surface area contributed by atoms with Crippen LogP contribution in [-0.4, -0.2) is 25.2 Å².